The fourth-order valence-electron chi connectivity index (χ4n) is 1.28. The molecule has 0 saturated heterocycles. The summed E-state index contributed by atoms with van der Waals surface area (Å²) < 4.78 is 0. The van der Waals surface area contributed by atoms with Crippen LogP contribution in [0.25, 0.3) is 0 Å². The van der Waals surface area contributed by atoms with Crippen LogP contribution in [0.5, 0.6) is 0 Å². The minimum Gasteiger partial charge on any atom is -0.0955 e. The predicted molar refractivity (Wildman–Crippen MR) is 57.2 cm³/mol. The van der Waals surface area contributed by atoms with Crippen molar-refractivity contribution in [1.29, 1.82) is 0 Å². The second-order valence-electron chi connectivity index (χ2n) is 3.19. The Morgan fingerprint density at radius 3 is 2.25 bits per heavy atom. The maximum Gasteiger partial charge on any atom is -0.0250 e. The highest BCUT2D eigenvalue weighted by atomic mass is 14.1. The fourth-order valence-corrected chi connectivity index (χ4v) is 1.28. The van der Waals surface area contributed by atoms with E-state index in [2.05, 4.69) is 26.2 Å². The van der Waals surface area contributed by atoms with Crippen LogP contribution >= 0.6 is 0 Å². The molecule has 0 bridgehead atoms. The normalized spacial score (nSPS) is 11.4. The zero-order valence-electron chi connectivity index (χ0n) is 8.61. The van der Waals surface area contributed by atoms with Crippen molar-refractivity contribution < 1.29 is 0 Å². The topological polar surface area (TPSA) is 0 Å². The quantitative estimate of drug-likeness (QED) is 0.533. The van der Waals surface area contributed by atoms with E-state index >= 15 is 0 Å². The molecule has 0 aromatic heterocycles. The minimum atomic E-state index is 1.10. The zero-order chi connectivity index (χ0) is 9.56. The monoisotopic (exact) mass is 164 g/mol. The first kappa shape index (κ1) is 11.2. The molecule has 0 aliphatic rings. The Morgan fingerprint density at radius 1 is 1.33 bits per heavy atom. The van der Waals surface area contributed by atoms with Crippen LogP contribution in [-0.2, 0) is 0 Å². The average Bonchev–Trinajstić information content (AvgIpc) is 2.01. The molecule has 0 saturated carbocycles. The van der Waals surface area contributed by atoms with Gasteiger partial charge in [-0.3, -0.25) is 0 Å². The third kappa shape index (κ3) is 3.56. The molecule has 0 heterocycles. The van der Waals surface area contributed by atoms with Crippen molar-refractivity contribution in [1.82, 2.24) is 0 Å². The van der Waals surface area contributed by atoms with Gasteiger partial charge in [0.25, 0.3) is 0 Å². The van der Waals surface area contributed by atoms with Crippen molar-refractivity contribution in [3.05, 3.63) is 36.0 Å². The van der Waals surface area contributed by atoms with Gasteiger partial charge in [-0.05, 0) is 37.8 Å². The zero-order valence-corrected chi connectivity index (χ0v) is 8.61. The Hall–Kier alpha value is -0.780. The summed E-state index contributed by atoms with van der Waals surface area (Å²) in [5.74, 6) is 0. The average molecular weight is 164 g/mol. The molecule has 0 rings (SSSR count). The van der Waals surface area contributed by atoms with E-state index in [1.807, 2.05) is 13.8 Å². The second kappa shape index (κ2) is 5.82. The Kier molecular flexibility index (Phi) is 5.44. The van der Waals surface area contributed by atoms with E-state index in [4.69, 9.17) is 0 Å². The summed E-state index contributed by atoms with van der Waals surface area (Å²) in [4.78, 5) is 0. The lowest BCUT2D eigenvalue weighted by atomic mass is 9.97. The van der Waals surface area contributed by atoms with Crippen LogP contribution < -0.4 is 0 Å². The van der Waals surface area contributed by atoms with Gasteiger partial charge in [0.15, 0.2) is 0 Å². The first-order valence-electron chi connectivity index (χ1n) is 4.63. The van der Waals surface area contributed by atoms with Gasteiger partial charge < -0.3 is 0 Å². The van der Waals surface area contributed by atoms with Gasteiger partial charge >= 0.3 is 0 Å². The standard InChI is InChI=1S/C12H20/c1-6-8-9-11(5)12(7-2)10(3)4/h7H,3,5-6,8-9H2,1-2,4H3/b12-7+. The van der Waals surface area contributed by atoms with Crippen molar-refractivity contribution in [3.8, 4) is 0 Å². The number of hydrogen-bond donors (Lipinski definition) is 0. The molecular weight excluding hydrogens is 144 g/mol. The van der Waals surface area contributed by atoms with Gasteiger partial charge in [0.05, 0.1) is 0 Å². The summed E-state index contributed by atoms with van der Waals surface area (Å²) in [5.41, 5.74) is 3.59. The number of rotatable bonds is 5. The summed E-state index contributed by atoms with van der Waals surface area (Å²) >= 11 is 0. The molecular formula is C12H20. The highest BCUT2D eigenvalue weighted by Crippen LogP contribution is 2.20. The van der Waals surface area contributed by atoms with Crippen LogP contribution in [0.3, 0.4) is 0 Å². The van der Waals surface area contributed by atoms with Crippen molar-refractivity contribution in [2.24, 2.45) is 0 Å². The Balaban J connectivity index is 4.15. The van der Waals surface area contributed by atoms with Crippen molar-refractivity contribution in [3.63, 3.8) is 0 Å². The van der Waals surface area contributed by atoms with Crippen LogP contribution in [0.15, 0.2) is 36.0 Å². The molecule has 0 aromatic rings. The molecule has 0 radical (unpaired) electrons. The summed E-state index contributed by atoms with van der Waals surface area (Å²) in [6.07, 6.45) is 5.65. The van der Waals surface area contributed by atoms with E-state index in [0.717, 1.165) is 12.0 Å². The van der Waals surface area contributed by atoms with Gasteiger partial charge in [0, 0.05) is 0 Å². The van der Waals surface area contributed by atoms with Gasteiger partial charge in [-0.25, -0.2) is 0 Å². The van der Waals surface area contributed by atoms with Crippen LogP contribution in [0.2, 0.25) is 0 Å². The molecule has 0 fully saturated rings. The third-order valence-corrected chi connectivity index (χ3v) is 1.96. The van der Waals surface area contributed by atoms with Gasteiger partial charge in [0.2, 0.25) is 0 Å². The van der Waals surface area contributed by atoms with E-state index in [1.165, 1.54) is 24.0 Å². The van der Waals surface area contributed by atoms with Crippen LogP contribution in [0, 0.1) is 0 Å². The van der Waals surface area contributed by atoms with E-state index in [9.17, 15) is 0 Å². The minimum absolute atomic E-state index is 1.10. The van der Waals surface area contributed by atoms with Crippen LogP contribution in [0.1, 0.15) is 40.0 Å². The first-order valence-corrected chi connectivity index (χ1v) is 4.63. The molecule has 0 aliphatic heterocycles. The summed E-state index contributed by atoms with van der Waals surface area (Å²) in [6.45, 7) is 14.3. The smallest absolute Gasteiger partial charge is 0.0250 e. The maximum atomic E-state index is 4.06. The molecule has 0 unspecified atom stereocenters. The lowest BCUT2D eigenvalue weighted by Crippen LogP contribution is -1.89. The fraction of sp³-hybridized carbons (Fsp3) is 0.500. The lowest BCUT2D eigenvalue weighted by Gasteiger charge is -2.09. The highest BCUT2D eigenvalue weighted by molar-refractivity contribution is 5.42. The number of unbranched alkanes of at least 4 members (excludes halogenated alkanes) is 1. The third-order valence-electron chi connectivity index (χ3n) is 1.96. The molecule has 0 aromatic carbocycles. The molecule has 0 heteroatoms. The number of allylic oxidation sites excluding steroid dienone is 4. The summed E-state index contributed by atoms with van der Waals surface area (Å²) in [7, 11) is 0. The van der Waals surface area contributed by atoms with E-state index in [1.54, 1.807) is 0 Å². The second-order valence-corrected chi connectivity index (χ2v) is 3.19. The molecule has 0 nitrogen and oxygen atoms in total. The molecule has 0 spiro atoms. The summed E-state index contributed by atoms with van der Waals surface area (Å²) in [6, 6.07) is 0. The Morgan fingerprint density at radius 2 is 1.92 bits per heavy atom. The van der Waals surface area contributed by atoms with Crippen molar-refractivity contribution in [2.45, 2.75) is 40.0 Å². The lowest BCUT2D eigenvalue weighted by molar-refractivity contribution is 0.794. The molecule has 0 atom stereocenters. The van der Waals surface area contributed by atoms with Gasteiger partial charge in [0.1, 0.15) is 0 Å². The molecule has 0 aliphatic carbocycles. The first-order chi connectivity index (χ1) is 5.63. The highest BCUT2D eigenvalue weighted by Gasteiger charge is 2.01. The molecule has 0 N–H and O–H groups in total. The van der Waals surface area contributed by atoms with Crippen molar-refractivity contribution >= 4 is 0 Å². The van der Waals surface area contributed by atoms with E-state index in [-0.39, 0.29) is 0 Å². The Bertz CT molecular complexity index is 194. The van der Waals surface area contributed by atoms with E-state index < -0.39 is 0 Å². The van der Waals surface area contributed by atoms with Gasteiger partial charge in [-0.2, -0.15) is 0 Å². The summed E-state index contributed by atoms with van der Waals surface area (Å²) in [5, 5.41) is 0. The Labute approximate surface area is 76.7 Å². The van der Waals surface area contributed by atoms with Crippen LogP contribution in [-0.4, -0.2) is 0 Å². The molecule has 12 heavy (non-hydrogen) atoms. The van der Waals surface area contributed by atoms with Gasteiger partial charge in [-0.15, -0.1) is 0 Å². The van der Waals surface area contributed by atoms with Gasteiger partial charge in [-0.1, -0.05) is 38.2 Å². The number of hydrogen-bond acceptors (Lipinski definition) is 0. The maximum absolute atomic E-state index is 4.06. The van der Waals surface area contributed by atoms with E-state index in [0.29, 0.717) is 0 Å². The molecule has 68 valence electrons. The SMILES string of the molecule is C=C(C)/C(=C\C)C(=C)CCCC. The molecule has 0 amide bonds. The predicted octanol–water partition coefficient (Wildman–Crippen LogP) is 4.26. The van der Waals surface area contributed by atoms with Crippen LogP contribution in [0.4, 0.5) is 0 Å². The van der Waals surface area contributed by atoms with Crippen molar-refractivity contribution in [2.75, 3.05) is 0 Å². The largest absolute Gasteiger partial charge is 0.0955 e.